The van der Waals surface area contributed by atoms with Gasteiger partial charge >= 0.3 is 0 Å². The van der Waals surface area contributed by atoms with Crippen LogP contribution in [0.25, 0.3) is 11.4 Å². The van der Waals surface area contributed by atoms with Gasteiger partial charge in [0.05, 0.1) is 4.90 Å². The second kappa shape index (κ2) is 6.62. The lowest BCUT2D eigenvalue weighted by Gasteiger charge is -2.21. The molecule has 27 heavy (non-hydrogen) atoms. The summed E-state index contributed by atoms with van der Waals surface area (Å²) in [6, 6.07) is 14.8. The first-order valence-electron chi connectivity index (χ1n) is 8.50. The minimum Gasteiger partial charge on any atom is -0.337 e. The van der Waals surface area contributed by atoms with Crippen LogP contribution in [0, 0.1) is 6.92 Å². The van der Waals surface area contributed by atoms with E-state index >= 15 is 0 Å². The molecule has 1 aliphatic rings. The number of sulfonamides is 1. The number of amides is 1. The van der Waals surface area contributed by atoms with Gasteiger partial charge in [-0.25, -0.2) is 12.7 Å². The second-order valence-corrected chi connectivity index (χ2v) is 8.20. The van der Waals surface area contributed by atoms with Gasteiger partial charge in [0, 0.05) is 12.0 Å². The molecule has 1 aliphatic heterocycles. The van der Waals surface area contributed by atoms with Crippen molar-refractivity contribution in [3.8, 4) is 11.4 Å². The molecule has 0 N–H and O–H groups in total. The van der Waals surface area contributed by atoms with Gasteiger partial charge in [0.2, 0.25) is 11.7 Å². The molecule has 0 spiro atoms. The smallest absolute Gasteiger partial charge is 0.267 e. The van der Waals surface area contributed by atoms with Crippen molar-refractivity contribution >= 4 is 15.9 Å². The van der Waals surface area contributed by atoms with Gasteiger partial charge in [-0.05, 0) is 25.5 Å². The Kier molecular flexibility index (Phi) is 4.27. The van der Waals surface area contributed by atoms with Crippen LogP contribution < -0.4 is 0 Å². The van der Waals surface area contributed by atoms with Crippen LogP contribution >= 0.6 is 0 Å². The predicted molar refractivity (Wildman–Crippen MR) is 96.9 cm³/mol. The molecule has 0 unspecified atom stereocenters. The normalized spacial score (nSPS) is 17.4. The van der Waals surface area contributed by atoms with Crippen molar-refractivity contribution in [2.45, 2.75) is 30.7 Å². The highest BCUT2D eigenvalue weighted by molar-refractivity contribution is 7.89. The molecule has 8 heteroatoms. The summed E-state index contributed by atoms with van der Waals surface area (Å²) in [5, 5.41) is 3.94. The molecule has 0 bridgehead atoms. The van der Waals surface area contributed by atoms with Crippen LogP contribution in [0.15, 0.2) is 64.0 Å². The zero-order valence-electron chi connectivity index (χ0n) is 14.6. The number of carbonyl (C=O) groups excluding carboxylic acids is 1. The molecule has 2 aromatic carbocycles. The van der Waals surface area contributed by atoms with Crippen molar-refractivity contribution in [3.63, 3.8) is 0 Å². The van der Waals surface area contributed by atoms with Crippen molar-refractivity contribution < 1.29 is 17.7 Å². The number of benzene rings is 2. The maximum Gasteiger partial charge on any atom is 0.267 e. The number of nitrogens with zero attached hydrogens (tertiary/aromatic N) is 3. The zero-order chi connectivity index (χ0) is 19.0. The van der Waals surface area contributed by atoms with E-state index < -0.39 is 22.0 Å². The largest absolute Gasteiger partial charge is 0.337 e. The molecule has 1 saturated heterocycles. The van der Waals surface area contributed by atoms with E-state index in [-0.39, 0.29) is 17.2 Å². The van der Waals surface area contributed by atoms with E-state index in [2.05, 4.69) is 10.1 Å². The number of aryl methyl sites for hydroxylation is 1. The molecule has 0 saturated carbocycles. The van der Waals surface area contributed by atoms with E-state index in [1.54, 1.807) is 12.1 Å². The van der Waals surface area contributed by atoms with E-state index in [0.29, 0.717) is 12.2 Å². The van der Waals surface area contributed by atoms with Crippen LogP contribution in [-0.2, 0) is 14.8 Å². The Morgan fingerprint density at radius 2 is 1.78 bits per heavy atom. The van der Waals surface area contributed by atoms with Gasteiger partial charge in [0.25, 0.3) is 15.9 Å². The quantitative estimate of drug-likeness (QED) is 0.687. The summed E-state index contributed by atoms with van der Waals surface area (Å²) in [4.78, 5) is 16.8. The van der Waals surface area contributed by atoms with Crippen LogP contribution in [-0.4, -0.2) is 28.8 Å². The van der Waals surface area contributed by atoms with Crippen LogP contribution in [0.3, 0.4) is 0 Å². The van der Waals surface area contributed by atoms with Crippen molar-refractivity contribution in [2.24, 2.45) is 0 Å². The second-order valence-electron chi connectivity index (χ2n) is 6.38. The van der Waals surface area contributed by atoms with Crippen molar-refractivity contribution in [1.29, 1.82) is 0 Å². The molecule has 2 heterocycles. The molecule has 1 atom stereocenters. The molecule has 1 aromatic heterocycles. The molecular weight excluding hydrogens is 366 g/mol. The minimum absolute atomic E-state index is 0.0659. The summed E-state index contributed by atoms with van der Waals surface area (Å²) in [6.45, 7) is 1.86. The maximum atomic E-state index is 13.0. The van der Waals surface area contributed by atoms with Gasteiger partial charge in [-0.3, -0.25) is 4.79 Å². The van der Waals surface area contributed by atoms with Gasteiger partial charge in [-0.15, -0.1) is 0 Å². The first-order chi connectivity index (χ1) is 13.0. The lowest BCUT2D eigenvalue weighted by molar-refractivity contribution is -0.124. The monoisotopic (exact) mass is 383 g/mol. The molecular formula is C19H17N3O4S. The third-order valence-corrected chi connectivity index (χ3v) is 6.34. The predicted octanol–water partition coefficient (Wildman–Crippen LogP) is 3.10. The molecule has 0 aliphatic carbocycles. The molecule has 3 aromatic rings. The highest BCUT2D eigenvalue weighted by Crippen LogP contribution is 2.37. The maximum absolute atomic E-state index is 13.0. The minimum atomic E-state index is -4.00. The fraction of sp³-hybridized carbons (Fsp3) is 0.211. The number of aromatic nitrogens is 2. The van der Waals surface area contributed by atoms with Crippen LogP contribution in [0.5, 0.6) is 0 Å². The third kappa shape index (κ3) is 3.12. The van der Waals surface area contributed by atoms with Crippen LogP contribution in [0.2, 0.25) is 0 Å². The van der Waals surface area contributed by atoms with Gasteiger partial charge < -0.3 is 4.52 Å². The highest BCUT2D eigenvalue weighted by atomic mass is 32.2. The third-order valence-electron chi connectivity index (χ3n) is 4.50. The van der Waals surface area contributed by atoms with Gasteiger partial charge in [-0.2, -0.15) is 4.98 Å². The lowest BCUT2D eigenvalue weighted by Crippen LogP contribution is -2.34. The average Bonchev–Trinajstić information content (AvgIpc) is 3.30. The van der Waals surface area contributed by atoms with Gasteiger partial charge in [-0.1, -0.05) is 53.2 Å². The Labute approximate surface area is 156 Å². The summed E-state index contributed by atoms with van der Waals surface area (Å²) in [5.74, 6) is 0.00746. The summed E-state index contributed by atoms with van der Waals surface area (Å²) < 4.78 is 32.3. The first-order valence-corrected chi connectivity index (χ1v) is 9.94. The Balaban J connectivity index is 1.70. The van der Waals surface area contributed by atoms with Crippen molar-refractivity contribution in [1.82, 2.24) is 14.4 Å². The fourth-order valence-corrected chi connectivity index (χ4v) is 4.68. The van der Waals surface area contributed by atoms with Crippen molar-refractivity contribution in [3.05, 3.63) is 66.1 Å². The Hall–Kier alpha value is -3.00. The number of hydrogen-bond acceptors (Lipinski definition) is 6. The zero-order valence-corrected chi connectivity index (χ0v) is 15.4. The fourth-order valence-electron chi connectivity index (χ4n) is 3.09. The Morgan fingerprint density at radius 3 is 2.48 bits per heavy atom. The van der Waals surface area contributed by atoms with Gasteiger partial charge in [0.15, 0.2) is 0 Å². The Morgan fingerprint density at radius 1 is 1.07 bits per heavy atom. The average molecular weight is 383 g/mol. The molecule has 1 fully saturated rings. The van der Waals surface area contributed by atoms with E-state index in [0.717, 1.165) is 15.4 Å². The number of hydrogen-bond donors (Lipinski definition) is 0. The standard InChI is InChI=1S/C19H17N3O4S/c1-13-7-9-15(10-8-13)27(24,25)22-16(11-12-17(22)23)19-20-18(21-26-19)14-5-3-2-4-6-14/h2-10,16H,11-12H2,1H3/t16-/m0/s1. The lowest BCUT2D eigenvalue weighted by atomic mass is 10.2. The number of carbonyl (C=O) groups is 1. The van der Waals surface area contributed by atoms with Gasteiger partial charge in [0.1, 0.15) is 6.04 Å². The van der Waals surface area contributed by atoms with Crippen molar-refractivity contribution in [2.75, 3.05) is 0 Å². The first kappa shape index (κ1) is 17.4. The Bertz CT molecular complexity index is 1080. The topological polar surface area (TPSA) is 93.4 Å². The van der Waals surface area contributed by atoms with Crippen LogP contribution in [0.4, 0.5) is 0 Å². The van der Waals surface area contributed by atoms with E-state index in [9.17, 15) is 13.2 Å². The van der Waals surface area contributed by atoms with E-state index in [4.69, 9.17) is 4.52 Å². The van der Waals surface area contributed by atoms with E-state index in [1.165, 1.54) is 12.1 Å². The SMILES string of the molecule is Cc1ccc(S(=O)(=O)N2C(=O)CC[C@H]2c2nc(-c3ccccc3)no2)cc1. The molecule has 4 rings (SSSR count). The summed E-state index contributed by atoms with van der Waals surface area (Å²) >= 11 is 0. The highest BCUT2D eigenvalue weighted by Gasteiger charge is 2.44. The summed E-state index contributed by atoms with van der Waals surface area (Å²) in [6.07, 6.45) is 0.416. The molecule has 138 valence electrons. The van der Waals surface area contributed by atoms with E-state index in [1.807, 2.05) is 37.3 Å². The molecule has 7 nitrogen and oxygen atoms in total. The summed E-state index contributed by atoms with van der Waals surface area (Å²) in [7, 11) is -4.00. The summed E-state index contributed by atoms with van der Waals surface area (Å²) in [5.41, 5.74) is 1.69. The number of rotatable bonds is 4. The molecule has 1 amide bonds. The molecule has 0 radical (unpaired) electrons. The van der Waals surface area contributed by atoms with Crippen LogP contribution in [0.1, 0.15) is 30.3 Å².